The Bertz CT molecular complexity index is 1450. The van der Waals surface area contributed by atoms with Crippen LogP contribution in [0.2, 0.25) is 0 Å². The van der Waals surface area contributed by atoms with Crippen molar-refractivity contribution in [3.63, 3.8) is 0 Å². The van der Waals surface area contributed by atoms with E-state index in [0.29, 0.717) is 12.6 Å². The smallest absolute Gasteiger partial charge is 0.120 e. The third-order valence-corrected chi connectivity index (χ3v) is 8.44. The Morgan fingerprint density at radius 3 is 2.20 bits per heavy atom. The zero-order valence-electron chi connectivity index (χ0n) is 24.6. The van der Waals surface area contributed by atoms with Crippen LogP contribution in [0.15, 0.2) is 103 Å². The fourth-order valence-corrected chi connectivity index (χ4v) is 6.10. The highest BCUT2D eigenvalue weighted by Crippen LogP contribution is 2.39. The first kappa shape index (κ1) is 27.8. The van der Waals surface area contributed by atoms with E-state index in [1.165, 1.54) is 82.4 Å². The number of ether oxygens (including phenoxy) is 1. The Labute approximate surface area is 241 Å². The first-order valence-corrected chi connectivity index (χ1v) is 15.0. The molecule has 2 heteroatoms. The van der Waals surface area contributed by atoms with Crippen molar-refractivity contribution in [3.05, 3.63) is 125 Å². The van der Waals surface area contributed by atoms with E-state index in [4.69, 9.17) is 4.74 Å². The van der Waals surface area contributed by atoms with E-state index in [1.807, 2.05) is 0 Å². The maximum absolute atomic E-state index is 6.41. The highest BCUT2D eigenvalue weighted by Gasteiger charge is 2.28. The number of anilines is 1. The molecule has 5 rings (SSSR count). The minimum Gasteiger partial charge on any atom is -0.489 e. The van der Waals surface area contributed by atoms with Crippen LogP contribution in [0.5, 0.6) is 5.75 Å². The zero-order valence-corrected chi connectivity index (χ0v) is 24.6. The lowest BCUT2D eigenvalue weighted by molar-refractivity contribution is 0.306. The first-order valence-electron chi connectivity index (χ1n) is 15.0. The van der Waals surface area contributed by atoms with Crippen molar-refractivity contribution in [2.75, 3.05) is 4.90 Å². The molecule has 4 aromatic carbocycles. The molecule has 0 atom stereocenters. The molecule has 0 aromatic heterocycles. The molecule has 0 unspecified atom stereocenters. The van der Waals surface area contributed by atoms with E-state index in [-0.39, 0.29) is 0 Å². The van der Waals surface area contributed by atoms with E-state index in [2.05, 4.69) is 130 Å². The van der Waals surface area contributed by atoms with Gasteiger partial charge in [0.15, 0.2) is 0 Å². The molecule has 0 spiro atoms. The van der Waals surface area contributed by atoms with Gasteiger partial charge in [0.1, 0.15) is 12.4 Å². The minimum absolute atomic E-state index is 0.524. The first-order chi connectivity index (χ1) is 19.6. The number of allylic oxidation sites excluding steroid dienone is 1. The van der Waals surface area contributed by atoms with Gasteiger partial charge in [0.25, 0.3) is 0 Å². The third-order valence-electron chi connectivity index (χ3n) is 8.44. The SMILES string of the molecule is CCC(C)=C(c1ccc(OCc2ccccc2-c2ccccc2)cc1C)N(c1ccccc1C)C1CCCCC1. The van der Waals surface area contributed by atoms with Crippen LogP contribution in [0.4, 0.5) is 5.69 Å². The molecule has 0 N–H and O–H groups in total. The summed E-state index contributed by atoms with van der Waals surface area (Å²) in [5.41, 5.74) is 11.7. The molecule has 40 heavy (non-hydrogen) atoms. The fraction of sp³-hybridized carbons (Fsp3) is 0.316. The number of para-hydroxylation sites is 1. The average molecular weight is 530 g/mol. The largest absolute Gasteiger partial charge is 0.489 e. The van der Waals surface area contributed by atoms with E-state index in [1.54, 1.807) is 0 Å². The van der Waals surface area contributed by atoms with Gasteiger partial charge >= 0.3 is 0 Å². The van der Waals surface area contributed by atoms with Gasteiger partial charge in [-0.25, -0.2) is 0 Å². The molecule has 0 amide bonds. The Kier molecular flexibility index (Phi) is 9.06. The van der Waals surface area contributed by atoms with Gasteiger partial charge < -0.3 is 9.64 Å². The van der Waals surface area contributed by atoms with Crippen LogP contribution >= 0.6 is 0 Å². The molecule has 1 aliphatic rings. The Hall–Kier alpha value is -3.78. The lowest BCUT2D eigenvalue weighted by atomic mass is 9.90. The lowest BCUT2D eigenvalue weighted by Crippen LogP contribution is -2.36. The number of hydrogen-bond donors (Lipinski definition) is 0. The molecule has 0 saturated heterocycles. The summed E-state index contributed by atoms with van der Waals surface area (Å²) in [5, 5.41) is 0. The van der Waals surface area contributed by atoms with Crippen LogP contribution < -0.4 is 9.64 Å². The molecule has 1 saturated carbocycles. The van der Waals surface area contributed by atoms with Crippen molar-refractivity contribution in [1.82, 2.24) is 0 Å². The molecule has 0 aliphatic heterocycles. The Morgan fingerprint density at radius 1 is 0.775 bits per heavy atom. The topological polar surface area (TPSA) is 12.5 Å². The molecular weight excluding hydrogens is 486 g/mol. The zero-order chi connectivity index (χ0) is 27.9. The molecule has 4 aromatic rings. The maximum Gasteiger partial charge on any atom is 0.120 e. The van der Waals surface area contributed by atoms with Gasteiger partial charge in [-0.1, -0.05) is 99.0 Å². The van der Waals surface area contributed by atoms with E-state index in [0.717, 1.165) is 12.2 Å². The van der Waals surface area contributed by atoms with Crippen molar-refractivity contribution in [1.29, 1.82) is 0 Å². The average Bonchev–Trinajstić information content (AvgIpc) is 3.00. The Morgan fingerprint density at radius 2 is 1.48 bits per heavy atom. The van der Waals surface area contributed by atoms with Gasteiger partial charge in [0.05, 0.1) is 0 Å². The second-order valence-corrected chi connectivity index (χ2v) is 11.2. The van der Waals surface area contributed by atoms with Crippen LogP contribution in [0.3, 0.4) is 0 Å². The highest BCUT2D eigenvalue weighted by atomic mass is 16.5. The summed E-state index contributed by atoms with van der Waals surface area (Å²) in [6.45, 7) is 9.62. The van der Waals surface area contributed by atoms with Gasteiger partial charge in [-0.05, 0) is 97.7 Å². The summed E-state index contributed by atoms with van der Waals surface area (Å²) in [7, 11) is 0. The standard InChI is InChI=1S/C38H43NO/c1-5-28(2)38(39(33-20-10-7-11-21-33)37-23-15-12-16-29(37)3)35-25-24-34(26-30(35)4)40-27-32-19-13-14-22-36(32)31-17-8-6-9-18-31/h6,8-9,12-19,22-26,33H,5,7,10-11,20-21,27H2,1-4H3. The van der Waals surface area contributed by atoms with Gasteiger partial charge in [0, 0.05) is 23.0 Å². The molecule has 0 heterocycles. The summed E-state index contributed by atoms with van der Waals surface area (Å²) in [6, 6.07) is 35.2. The summed E-state index contributed by atoms with van der Waals surface area (Å²) in [6.07, 6.45) is 7.48. The van der Waals surface area contributed by atoms with Crippen molar-refractivity contribution < 1.29 is 4.74 Å². The summed E-state index contributed by atoms with van der Waals surface area (Å²) < 4.78 is 6.41. The monoisotopic (exact) mass is 529 g/mol. The second-order valence-electron chi connectivity index (χ2n) is 11.2. The highest BCUT2D eigenvalue weighted by molar-refractivity contribution is 5.84. The van der Waals surface area contributed by atoms with Crippen LogP contribution in [-0.4, -0.2) is 6.04 Å². The predicted octanol–water partition coefficient (Wildman–Crippen LogP) is 10.5. The van der Waals surface area contributed by atoms with Crippen molar-refractivity contribution in [2.45, 2.75) is 78.9 Å². The van der Waals surface area contributed by atoms with Crippen molar-refractivity contribution in [3.8, 4) is 16.9 Å². The number of rotatable bonds is 9. The van der Waals surface area contributed by atoms with Crippen LogP contribution in [0, 0.1) is 13.8 Å². The molecule has 0 bridgehead atoms. The van der Waals surface area contributed by atoms with E-state index >= 15 is 0 Å². The van der Waals surface area contributed by atoms with E-state index < -0.39 is 0 Å². The molecule has 0 radical (unpaired) electrons. The summed E-state index contributed by atoms with van der Waals surface area (Å²) >= 11 is 0. The lowest BCUT2D eigenvalue weighted by Gasteiger charge is -2.40. The molecule has 1 fully saturated rings. The van der Waals surface area contributed by atoms with Gasteiger partial charge in [-0.2, -0.15) is 0 Å². The van der Waals surface area contributed by atoms with Crippen LogP contribution in [-0.2, 0) is 6.61 Å². The fourth-order valence-electron chi connectivity index (χ4n) is 6.10. The predicted molar refractivity (Wildman–Crippen MR) is 171 cm³/mol. The van der Waals surface area contributed by atoms with Crippen LogP contribution in [0.1, 0.15) is 74.6 Å². The number of hydrogen-bond acceptors (Lipinski definition) is 2. The van der Waals surface area contributed by atoms with Crippen molar-refractivity contribution >= 4 is 11.4 Å². The molecule has 2 nitrogen and oxygen atoms in total. The van der Waals surface area contributed by atoms with E-state index in [9.17, 15) is 0 Å². The third kappa shape index (κ3) is 6.17. The second kappa shape index (κ2) is 13.0. The number of nitrogens with zero attached hydrogens (tertiary/aromatic N) is 1. The van der Waals surface area contributed by atoms with Crippen molar-refractivity contribution in [2.24, 2.45) is 0 Å². The van der Waals surface area contributed by atoms with Gasteiger partial charge in [-0.3, -0.25) is 0 Å². The molecule has 206 valence electrons. The normalized spacial score (nSPS) is 14.5. The summed E-state index contributed by atoms with van der Waals surface area (Å²) in [4.78, 5) is 2.69. The number of aryl methyl sites for hydroxylation is 2. The summed E-state index contributed by atoms with van der Waals surface area (Å²) in [5.74, 6) is 0.915. The molecule has 1 aliphatic carbocycles. The van der Waals surface area contributed by atoms with Crippen LogP contribution in [0.25, 0.3) is 16.8 Å². The minimum atomic E-state index is 0.524. The maximum atomic E-state index is 6.41. The number of benzene rings is 4. The quantitative estimate of drug-likeness (QED) is 0.214. The van der Waals surface area contributed by atoms with Gasteiger partial charge in [0.2, 0.25) is 0 Å². The van der Waals surface area contributed by atoms with Gasteiger partial charge in [-0.15, -0.1) is 0 Å². The molecular formula is C38H43NO. The Balaban J connectivity index is 1.47.